The van der Waals surface area contributed by atoms with Gasteiger partial charge in [-0.05, 0) is 15.9 Å². The van der Waals surface area contributed by atoms with Crippen LogP contribution in [-0.2, 0) is 5.88 Å². The predicted octanol–water partition coefficient (Wildman–Crippen LogP) is 3.53. The summed E-state index contributed by atoms with van der Waals surface area (Å²) in [7, 11) is 1.31. The van der Waals surface area contributed by atoms with Crippen molar-refractivity contribution in [1.82, 2.24) is 4.98 Å². The van der Waals surface area contributed by atoms with Crippen LogP contribution >= 0.6 is 27.5 Å². The fourth-order valence-corrected chi connectivity index (χ4v) is 1.94. The zero-order valence-corrected chi connectivity index (χ0v) is 9.57. The molecule has 0 amide bonds. The lowest BCUT2D eigenvalue weighted by atomic mass is 10.2. The molecular weight excluding hydrogens is 279 g/mol. The molecule has 0 unspecified atom stereocenters. The lowest BCUT2D eigenvalue weighted by Gasteiger charge is -2.10. The van der Waals surface area contributed by atoms with Gasteiger partial charge in [0.1, 0.15) is 5.69 Å². The second-order valence-corrected chi connectivity index (χ2v) is 3.51. The standard InChI is InChI=1S/C8H7BrClF2NO/c1-14-7-5(9)4(2-10)3-13-6(7)8(11)12/h3,8H,2H2,1H3. The van der Waals surface area contributed by atoms with Gasteiger partial charge in [-0.25, -0.2) is 8.78 Å². The van der Waals surface area contributed by atoms with E-state index in [2.05, 4.69) is 20.9 Å². The maximum atomic E-state index is 12.4. The van der Waals surface area contributed by atoms with Crippen LogP contribution in [0.5, 0.6) is 5.75 Å². The smallest absolute Gasteiger partial charge is 0.284 e. The first-order chi connectivity index (χ1) is 6.61. The van der Waals surface area contributed by atoms with Gasteiger partial charge in [0.2, 0.25) is 0 Å². The number of rotatable bonds is 3. The van der Waals surface area contributed by atoms with E-state index in [4.69, 9.17) is 16.3 Å². The quantitative estimate of drug-likeness (QED) is 0.793. The number of ether oxygens (including phenoxy) is 1. The van der Waals surface area contributed by atoms with Crippen molar-refractivity contribution in [3.8, 4) is 5.75 Å². The highest BCUT2D eigenvalue weighted by Crippen LogP contribution is 2.36. The summed E-state index contributed by atoms with van der Waals surface area (Å²) in [4.78, 5) is 3.59. The number of pyridine rings is 1. The van der Waals surface area contributed by atoms with E-state index in [9.17, 15) is 8.78 Å². The second kappa shape index (κ2) is 4.89. The largest absolute Gasteiger partial charge is 0.493 e. The number of methoxy groups -OCH3 is 1. The minimum absolute atomic E-state index is 0.0400. The molecule has 14 heavy (non-hydrogen) atoms. The first-order valence-corrected chi connectivity index (χ1v) is 5.00. The summed E-state index contributed by atoms with van der Waals surface area (Å²) in [6.07, 6.45) is -1.35. The summed E-state index contributed by atoms with van der Waals surface area (Å²) in [5, 5.41) is 0. The normalized spacial score (nSPS) is 10.7. The van der Waals surface area contributed by atoms with E-state index >= 15 is 0 Å². The van der Waals surface area contributed by atoms with Crippen LogP contribution in [-0.4, -0.2) is 12.1 Å². The molecule has 0 radical (unpaired) electrons. The highest BCUT2D eigenvalue weighted by atomic mass is 79.9. The van der Waals surface area contributed by atoms with Crippen LogP contribution in [0.4, 0.5) is 8.78 Å². The minimum Gasteiger partial charge on any atom is -0.493 e. The number of hydrogen-bond donors (Lipinski definition) is 0. The van der Waals surface area contributed by atoms with E-state index in [1.54, 1.807) is 0 Å². The lowest BCUT2D eigenvalue weighted by molar-refractivity contribution is 0.141. The molecule has 0 aliphatic carbocycles. The van der Waals surface area contributed by atoms with Gasteiger partial charge >= 0.3 is 0 Å². The molecule has 0 saturated heterocycles. The SMILES string of the molecule is COc1c(C(F)F)ncc(CCl)c1Br. The second-order valence-electron chi connectivity index (χ2n) is 2.45. The summed E-state index contributed by atoms with van der Waals surface area (Å²) >= 11 is 8.72. The first-order valence-electron chi connectivity index (χ1n) is 3.67. The molecule has 0 aliphatic heterocycles. The minimum atomic E-state index is -2.66. The van der Waals surface area contributed by atoms with E-state index in [1.165, 1.54) is 13.3 Å². The van der Waals surface area contributed by atoms with Gasteiger partial charge in [-0.15, -0.1) is 11.6 Å². The molecule has 0 bridgehead atoms. The Hall–Kier alpha value is -0.420. The topological polar surface area (TPSA) is 22.1 Å². The van der Waals surface area contributed by atoms with Gasteiger partial charge in [-0.2, -0.15) is 0 Å². The van der Waals surface area contributed by atoms with Gasteiger partial charge in [0.25, 0.3) is 6.43 Å². The van der Waals surface area contributed by atoms with Crippen LogP contribution in [0.25, 0.3) is 0 Å². The molecule has 0 N–H and O–H groups in total. The van der Waals surface area contributed by atoms with E-state index in [-0.39, 0.29) is 17.3 Å². The third-order valence-corrected chi connectivity index (χ3v) is 2.79. The molecule has 0 fully saturated rings. The van der Waals surface area contributed by atoms with Crippen molar-refractivity contribution in [2.24, 2.45) is 0 Å². The van der Waals surface area contributed by atoms with E-state index in [0.29, 0.717) is 10.0 Å². The summed E-state index contributed by atoms with van der Waals surface area (Å²) in [6.45, 7) is 0. The molecule has 0 spiro atoms. The average molecular weight is 287 g/mol. The van der Waals surface area contributed by atoms with Crippen LogP contribution in [0.3, 0.4) is 0 Å². The van der Waals surface area contributed by atoms with Crippen molar-refractivity contribution in [2.45, 2.75) is 12.3 Å². The summed E-state index contributed by atoms with van der Waals surface area (Å²) in [5.41, 5.74) is 0.237. The molecular formula is C8H7BrClF2NO. The Morgan fingerprint density at radius 1 is 1.64 bits per heavy atom. The Morgan fingerprint density at radius 2 is 2.29 bits per heavy atom. The van der Waals surface area contributed by atoms with E-state index in [0.717, 1.165) is 0 Å². The molecule has 0 atom stereocenters. The van der Waals surface area contributed by atoms with Gasteiger partial charge in [-0.3, -0.25) is 4.98 Å². The van der Waals surface area contributed by atoms with Crippen molar-refractivity contribution < 1.29 is 13.5 Å². The lowest BCUT2D eigenvalue weighted by Crippen LogP contribution is -1.99. The van der Waals surface area contributed by atoms with Gasteiger partial charge in [-0.1, -0.05) is 0 Å². The Labute approximate surface area is 93.4 Å². The van der Waals surface area contributed by atoms with E-state index < -0.39 is 6.43 Å². The summed E-state index contributed by atoms with van der Waals surface area (Å²) in [6, 6.07) is 0. The zero-order valence-electron chi connectivity index (χ0n) is 7.23. The molecule has 0 aromatic carbocycles. The average Bonchev–Trinajstić information content (AvgIpc) is 2.17. The third kappa shape index (κ3) is 2.15. The molecule has 1 aromatic heterocycles. The third-order valence-electron chi connectivity index (χ3n) is 1.63. The van der Waals surface area contributed by atoms with Crippen LogP contribution in [0.2, 0.25) is 0 Å². The molecule has 0 saturated carbocycles. The van der Waals surface area contributed by atoms with Crippen molar-refractivity contribution in [3.63, 3.8) is 0 Å². The molecule has 1 aromatic rings. The maximum Gasteiger partial charge on any atom is 0.284 e. The number of hydrogen-bond acceptors (Lipinski definition) is 2. The van der Waals surface area contributed by atoms with Gasteiger partial charge in [0.05, 0.1) is 17.5 Å². The van der Waals surface area contributed by atoms with Crippen molar-refractivity contribution >= 4 is 27.5 Å². The van der Waals surface area contributed by atoms with E-state index in [1.807, 2.05) is 0 Å². The Kier molecular flexibility index (Phi) is 4.07. The maximum absolute atomic E-state index is 12.4. The van der Waals surface area contributed by atoms with Crippen LogP contribution in [0.1, 0.15) is 17.7 Å². The van der Waals surface area contributed by atoms with Crippen LogP contribution in [0.15, 0.2) is 10.7 Å². The monoisotopic (exact) mass is 285 g/mol. The highest BCUT2D eigenvalue weighted by molar-refractivity contribution is 9.10. The molecule has 2 nitrogen and oxygen atoms in total. The van der Waals surface area contributed by atoms with Crippen molar-refractivity contribution in [2.75, 3.05) is 7.11 Å². The van der Waals surface area contributed by atoms with Gasteiger partial charge in [0.15, 0.2) is 5.75 Å². The number of halogens is 4. The number of nitrogens with zero attached hydrogens (tertiary/aromatic N) is 1. The zero-order chi connectivity index (χ0) is 10.7. The molecule has 78 valence electrons. The predicted molar refractivity (Wildman–Crippen MR) is 53.0 cm³/mol. The fraction of sp³-hybridized carbons (Fsp3) is 0.375. The molecule has 6 heteroatoms. The number of aromatic nitrogens is 1. The number of alkyl halides is 3. The van der Waals surface area contributed by atoms with Crippen LogP contribution in [0, 0.1) is 0 Å². The Balaban J connectivity index is 3.28. The first kappa shape index (κ1) is 11.7. The van der Waals surface area contributed by atoms with Crippen molar-refractivity contribution in [1.29, 1.82) is 0 Å². The molecule has 0 aliphatic rings. The highest BCUT2D eigenvalue weighted by Gasteiger charge is 2.20. The van der Waals surface area contributed by atoms with Gasteiger partial charge < -0.3 is 4.74 Å². The molecule has 1 rings (SSSR count). The fourth-order valence-electron chi connectivity index (χ4n) is 0.964. The molecule has 1 heterocycles. The van der Waals surface area contributed by atoms with Gasteiger partial charge in [0, 0.05) is 11.8 Å². The summed E-state index contributed by atoms with van der Waals surface area (Å²) < 4.78 is 30.1. The van der Waals surface area contributed by atoms with Crippen molar-refractivity contribution in [3.05, 3.63) is 21.9 Å². The Bertz CT molecular complexity index is 335. The van der Waals surface area contributed by atoms with Crippen LogP contribution < -0.4 is 4.74 Å². The summed E-state index contributed by atoms with van der Waals surface area (Å²) in [5.74, 6) is 0.228. The Morgan fingerprint density at radius 3 is 2.71 bits per heavy atom.